The van der Waals surface area contributed by atoms with Crippen LogP contribution in [0.2, 0.25) is 5.02 Å². The molecule has 1 N–H and O–H groups in total. The van der Waals surface area contributed by atoms with E-state index in [0.717, 1.165) is 16.4 Å². The van der Waals surface area contributed by atoms with E-state index in [0.29, 0.717) is 6.42 Å². The van der Waals surface area contributed by atoms with Crippen molar-refractivity contribution >= 4 is 43.0 Å². The van der Waals surface area contributed by atoms with Crippen molar-refractivity contribution in [2.24, 2.45) is 0 Å². The van der Waals surface area contributed by atoms with Crippen molar-refractivity contribution in [1.29, 1.82) is 0 Å². The highest BCUT2D eigenvalue weighted by atomic mass is 35.5. The fourth-order valence-corrected chi connectivity index (χ4v) is 5.52. The molecule has 25 heavy (non-hydrogen) atoms. The molecule has 1 fully saturated rings. The van der Waals surface area contributed by atoms with Gasteiger partial charge in [0.05, 0.1) is 22.2 Å². The molecule has 3 rings (SSSR count). The van der Waals surface area contributed by atoms with Gasteiger partial charge >= 0.3 is 0 Å². The van der Waals surface area contributed by atoms with Gasteiger partial charge < -0.3 is 0 Å². The van der Waals surface area contributed by atoms with Gasteiger partial charge in [-0.15, -0.1) is 0 Å². The molecule has 0 unspecified atom stereocenters. The highest BCUT2D eigenvalue weighted by Gasteiger charge is 2.30. The van der Waals surface area contributed by atoms with Gasteiger partial charge in [0, 0.05) is 6.54 Å². The Labute approximate surface area is 150 Å². The minimum Gasteiger partial charge on any atom is -0.279 e. The van der Waals surface area contributed by atoms with Crippen LogP contribution >= 0.6 is 11.6 Å². The molecule has 0 radical (unpaired) electrons. The number of hydrogen-bond acceptors (Lipinski definition) is 4. The van der Waals surface area contributed by atoms with Gasteiger partial charge in [-0.2, -0.15) is 0 Å². The second-order valence-corrected chi connectivity index (χ2v) is 9.51. The summed E-state index contributed by atoms with van der Waals surface area (Å²) in [7, 11) is -7.63. The maximum absolute atomic E-state index is 13.8. The molecule has 1 saturated heterocycles. The molecule has 0 amide bonds. The molecule has 0 aliphatic carbocycles. The van der Waals surface area contributed by atoms with Crippen molar-refractivity contribution in [2.45, 2.75) is 11.3 Å². The summed E-state index contributed by atoms with van der Waals surface area (Å²) < 4.78 is 66.0. The average Bonchev–Trinajstić information content (AvgIpc) is 2.88. The fourth-order valence-electron chi connectivity index (χ4n) is 2.55. The number of halogens is 2. The fraction of sp³-hybridized carbons (Fsp3) is 0.200. The maximum Gasteiger partial charge on any atom is 0.264 e. The Balaban J connectivity index is 1.97. The Morgan fingerprint density at radius 3 is 2.52 bits per heavy atom. The monoisotopic (exact) mass is 404 g/mol. The van der Waals surface area contributed by atoms with Crippen LogP contribution < -0.4 is 9.03 Å². The third kappa shape index (κ3) is 3.58. The number of rotatable bonds is 4. The van der Waals surface area contributed by atoms with Crippen molar-refractivity contribution in [2.75, 3.05) is 21.3 Å². The standard InChI is InChI=1S/C15H14ClFN2O4S2/c16-12-7-6-11(10-14(12)19-8-3-9-24(19,20)21)18-25(22,23)15-5-2-1-4-13(15)17/h1-2,4-7,10,18H,3,8-9H2. The minimum absolute atomic E-state index is 0.00844. The molecule has 0 saturated carbocycles. The van der Waals surface area contributed by atoms with Crippen LogP contribution in [-0.2, 0) is 20.0 Å². The van der Waals surface area contributed by atoms with Crippen molar-refractivity contribution < 1.29 is 21.2 Å². The number of benzene rings is 2. The zero-order valence-corrected chi connectivity index (χ0v) is 15.2. The third-order valence-electron chi connectivity index (χ3n) is 3.69. The molecule has 0 spiro atoms. The van der Waals surface area contributed by atoms with Crippen LogP contribution in [0.3, 0.4) is 0 Å². The summed E-state index contributed by atoms with van der Waals surface area (Å²) >= 11 is 6.07. The normalized spacial score (nSPS) is 16.8. The van der Waals surface area contributed by atoms with E-state index in [1.54, 1.807) is 0 Å². The second kappa shape index (κ2) is 6.47. The molecule has 10 heteroatoms. The lowest BCUT2D eigenvalue weighted by atomic mass is 10.3. The van der Waals surface area contributed by atoms with Gasteiger partial charge in [-0.25, -0.2) is 21.2 Å². The van der Waals surface area contributed by atoms with Crippen LogP contribution in [0.15, 0.2) is 47.4 Å². The number of nitrogens with zero attached hydrogens (tertiary/aromatic N) is 1. The number of nitrogens with one attached hydrogen (secondary N) is 1. The Bertz CT molecular complexity index is 1030. The Hall–Kier alpha value is -1.84. The molecule has 2 aromatic carbocycles. The minimum atomic E-state index is -4.16. The summed E-state index contributed by atoms with van der Waals surface area (Å²) in [5.41, 5.74) is 0.276. The SMILES string of the molecule is O=S(=O)(Nc1ccc(Cl)c(N2CCCS2(=O)=O)c1)c1ccccc1F. The predicted octanol–water partition coefficient (Wildman–Crippen LogP) is 2.82. The number of sulfonamides is 2. The van der Waals surface area contributed by atoms with E-state index < -0.39 is 30.8 Å². The zero-order valence-electron chi connectivity index (χ0n) is 12.8. The van der Waals surface area contributed by atoms with Gasteiger partial charge in [-0.05, 0) is 36.8 Å². The topological polar surface area (TPSA) is 83.6 Å². The summed E-state index contributed by atoms with van der Waals surface area (Å²) in [4.78, 5) is -0.500. The van der Waals surface area contributed by atoms with Crippen molar-refractivity contribution in [3.05, 3.63) is 53.3 Å². The van der Waals surface area contributed by atoms with Crippen molar-refractivity contribution in [3.63, 3.8) is 0 Å². The predicted molar refractivity (Wildman–Crippen MR) is 94.4 cm³/mol. The van der Waals surface area contributed by atoms with Gasteiger partial charge in [0.2, 0.25) is 10.0 Å². The highest BCUT2D eigenvalue weighted by Crippen LogP contribution is 2.34. The quantitative estimate of drug-likeness (QED) is 0.849. The molecule has 1 heterocycles. The molecular formula is C15H14ClFN2O4S2. The largest absolute Gasteiger partial charge is 0.279 e. The first kappa shape index (κ1) is 18.0. The molecule has 1 aliphatic heterocycles. The molecule has 6 nitrogen and oxygen atoms in total. The van der Waals surface area contributed by atoms with E-state index in [1.165, 1.54) is 30.3 Å². The van der Waals surface area contributed by atoms with E-state index >= 15 is 0 Å². The Kier molecular flexibility index (Phi) is 4.65. The molecule has 134 valence electrons. The van der Waals surface area contributed by atoms with Crippen LogP contribution in [0.25, 0.3) is 0 Å². The van der Waals surface area contributed by atoms with Gasteiger partial charge in [0.15, 0.2) is 0 Å². The molecule has 2 aromatic rings. The number of anilines is 2. The lowest BCUT2D eigenvalue weighted by molar-refractivity contribution is 0.570. The van der Waals surface area contributed by atoms with Gasteiger partial charge in [0.25, 0.3) is 10.0 Å². The van der Waals surface area contributed by atoms with E-state index in [9.17, 15) is 21.2 Å². The van der Waals surface area contributed by atoms with Crippen LogP contribution in [0.1, 0.15) is 6.42 Å². The van der Waals surface area contributed by atoms with Crippen LogP contribution in [0.5, 0.6) is 0 Å². The summed E-state index contributed by atoms with van der Waals surface area (Å²) in [5.74, 6) is -0.875. The van der Waals surface area contributed by atoms with Gasteiger partial charge in [0.1, 0.15) is 10.7 Å². The van der Waals surface area contributed by atoms with E-state index in [-0.39, 0.29) is 28.7 Å². The van der Waals surface area contributed by atoms with Crippen LogP contribution in [-0.4, -0.2) is 29.1 Å². The summed E-state index contributed by atoms with van der Waals surface area (Å²) in [6.07, 6.45) is 0.462. The second-order valence-electron chi connectivity index (χ2n) is 5.44. The smallest absolute Gasteiger partial charge is 0.264 e. The molecule has 1 aliphatic rings. The van der Waals surface area contributed by atoms with Crippen molar-refractivity contribution in [1.82, 2.24) is 0 Å². The van der Waals surface area contributed by atoms with Crippen LogP contribution in [0, 0.1) is 5.82 Å². The maximum atomic E-state index is 13.8. The first-order valence-corrected chi connectivity index (χ1v) is 10.7. The van der Waals surface area contributed by atoms with E-state index in [1.807, 2.05) is 0 Å². The Morgan fingerprint density at radius 1 is 1.16 bits per heavy atom. The summed E-state index contributed by atoms with van der Waals surface area (Å²) in [5, 5.41) is 0.180. The first-order valence-electron chi connectivity index (χ1n) is 7.28. The Morgan fingerprint density at radius 2 is 1.88 bits per heavy atom. The molecular weight excluding hydrogens is 391 g/mol. The lowest BCUT2D eigenvalue weighted by Gasteiger charge is -2.19. The zero-order chi connectivity index (χ0) is 18.2. The molecule has 0 aromatic heterocycles. The summed E-state index contributed by atoms with van der Waals surface area (Å²) in [6.45, 7) is 0.269. The van der Waals surface area contributed by atoms with E-state index in [2.05, 4.69) is 4.72 Å². The first-order chi connectivity index (χ1) is 11.7. The third-order valence-corrected chi connectivity index (χ3v) is 7.28. The highest BCUT2D eigenvalue weighted by molar-refractivity contribution is 7.93. The lowest BCUT2D eigenvalue weighted by Crippen LogP contribution is -2.25. The molecule has 0 bridgehead atoms. The van der Waals surface area contributed by atoms with Gasteiger partial charge in [-0.1, -0.05) is 23.7 Å². The molecule has 0 atom stereocenters. The van der Waals surface area contributed by atoms with E-state index in [4.69, 9.17) is 11.6 Å². The van der Waals surface area contributed by atoms with Crippen LogP contribution in [0.4, 0.5) is 15.8 Å². The van der Waals surface area contributed by atoms with Crippen molar-refractivity contribution in [3.8, 4) is 0 Å². The average molecular weight is 405 g/mol. The number of hydrogen-bond donors (Lipinski definition) is 1. The summed E-state index contributed by atoms with van der Waals surface area (Å²) in [6, 6.07) is 9.06. The van der Waals surface area contributed by atoms with Gasteiger partial charge in [-0.3, -0.25) is 9.03 Å².